The molecule has 0 saturated heterocycles. The fraction of sp³-hybridized carbons (Fsp3) is 0.143. The molecule has 2 aromatic rings. The van der Waals surface area contributed by atoms with Crippen LogP contribution in [0.25, 0.3) is 0 Å². The molecule has 0 amide bonds. The van der Waals surface area contributed by atoms with Gasteiger partial charge in [-0.1, -0.05) is 36.4 Å². The van der Waals surface area contributed by atoms with Crippen LogP contribution in [-0.2, 0) is 0 Å². The summed E-state index contributed by atoms with van der Waals surface area (Å²) in [6.07, 6.45) is 0. The SMILES string of the molecule is Cc1ccccc1C(N)c1ccc(F)cc1. The predicted molar refractivity (Wildman–Crippen MR) is 63.6 cm³/mol. The molecule has 0 aliphatic carbocycles. The van der Waals surface area contributed by atoms with E-state index in [1.807, 2.05) is 31.2 Å². The Balaban J connectivity index is 2.35. The van der Waals surface area contributed by atoms with Crippen molar-refractivity contribution in [2.75, 3.05) is 0 Å². The lowest BCUT2D eigenvalue weighted by molar-refractivity contribution is 0.626. The quantitative estimate of drug-likeness (QED) is 0.818. The van der Waals surface area contributed by atoms with Gasteiger partial charge in [0.1, 0.15) is 5.82 Å². The maximum Gasteiger partial charge on any atom is 0.123 e. The zero-order valence-corrected chi connectivity index (χ0v) is 9.15. The topological polar surface area (TPSA) is 26.0 Å². The molecule has 1 unspecified atom stereocenters. The van der Waals surface area contributed by atoms with E-state index >= 15 is 0 Å². The lowest BCUT2D eigenvalue weighted by atomic mass is 9.96. The smallest absolute Gasteiger partial charge is 0.123 e. The number of nitrogens with two attached hydrogens (primary N) is 1. The monoisotopic (exact) mass is 215 g/mol. The highest BCUT2D eigenvalue weighted by Crippen LogP contribution is 2.22. The van der Waals surface area contributed by atoms with Crippen molar-refractivity contribution < 1.29 is 4.39 Å². The molecule has 2 heteroatoms. The van der Waals surface area contributed by atoms with E-state index in [4.69, 9.17) is 5.73 Å². The van der Waals surface area contributed by atoms with Gasteiger partial charge in [-0.25, -0.2) is 4.39 Å². The van der Waals surface area contributed by atoms with E-state index in [0.717, 1.165) is 16.7 Å². The number of rotatable bonds is 2. The lowest BCUT2D eigenvalue weighted by Gasteiger charge is -2.14. The number of hydrogen-bond acceptors (Lipinski definition) is 1. The Morgan fingerprint density at radius 2 is 1.62 bits per heavy atom. The van der Waals surface area contributed by atoms with Gasteiger partial charge in [0.05, 0.1) is 6.04 Å². The van der Waals surface area contributed by atoms with Crippen LogP contribution < -0.4 is 5.73 Å². The standard InChI is InChI=1S/C14H14FN/c1-10-4-2-3-5-13(10)14(16)11-6-8-12(15)9-7-11/h2-9,14H,16H2,1H3. The summed E-state index contributed by atoms with van der Waals surface area (Å²) in [6, 6.07) is 14.1. The van der Waals surface area contributed by atoms with Crippen molar-refractivity contribution in [3.05, 3.63) is 71.0 Å². The second-order valence-electron chi connectivity index (χ2n) is 3.89. The third-order valence-corrected chi connectivity index (χ3v) is 2.75. The van der Waals surface area contributed by atoms with Crippen LogP contribution in [0, 0.1) is 12.7 Å². The molecule has 0 aliphatic heterocycles. The summed E-state index contributed by atoms with van der Waals surface area (Å²) in [5, 5.41) is 0. The van der Waals surface area contributed by atoms with Crippen LogP contribution in [0.3, 0.4) is 0 Å². The second-order valence-corrected chi connectivity index (χ2v) is 3.89. The Hall–Kier alpha value is -1.67. The Labute approximate surface area is 94.7 Å². The van der Waals surface area contributed by atoms with Crippen LogP contribution in [0.5, 0.6) is 0 Å². The summed E-state index contributed by atoms with van der Waals surface area (Å²) in [4.78, 5) is 0. The Morgan fingerprint density at radius 1 is 1.00 bits per heavy atom. The van der Waals surface area contributed by atoms with Gasteiger partial charge in [0.25, 0.3) is 0 Å². The van der Waals surface area contributed by atoms with E-state index in [2.05, 4.69) is 0 Å². The van der Waals surface area contributed by atoms with Crippen LogP contribution in [0.2, 0.25) is 0 Å². The Bertz CT molecular complexity index is 476. The third kappa shape index (κ3) is 2.12. The van der Waals surface area contributed by atoms with E-state index in [-0.39, 0.29) is 11.9 Å². The molecule has 1 atom stereocenters. The summed E-state index contributed by atoms with van der Waals surface area (Å²) in [5.41, 5.74) is 9.30. The zero-order chi connectivity index (χ0) is 11.5. The molecule has 0 fully saturated rings. The Kier molecular flexibility index (Phi) is 3.02. The minimum absolute atomic E-state index is 0.193. The lowest BCUT2D eigenvalue weighted by Crippen LogP contribution is -2.13. The number of halogens is 1. The van der Waals surface area contributed by atoms with Crippen LogP contribution in [-0.4, -0.2) is 0 Å². The molecule has 16 heavy (non-hydrogen) atoms. The first kappa shape index (κ1) is 10.8. The Morgan fingerprint density at radius 3 is 2.25 bits per heavy atom. The molecule has 0 aromatic heterocycles. The van der Waals surface area contributed by atoms with Crippen molar-refractivity contribution in [2.45, 2.75) is 13.0 Å². The molecular formula is C14H14FN. The minimum atomic E-state index is -0.235. The normalized spacial score (nSPS) is 12.4. The van der Waals surface area contributed by atoms with Crippen molar-refractivity contribution in [3.63, 3.8) is 0 Å². The minimum Gasteiger partial charge on any atom is -0.320 e. The fourth-order valence-electron chi connectivity index (χ4n) is 1.79. The van der Waals surface area contributed by atoms with Crippen molar-refractivity contribution in [1.29, 1.82) is 0 Å². The highest BCUT2D eigenvalue weighted by Gasteiger charge is 2.10. The first-order valence-electron chi connectivity index (χ1n) is 5.25. The first-order valence-corrected chi connectivity index (χ1v) is 5.25. The summed E-state index contributed by atoms with van der Waals surface area (Å²) < 4.78 is 12.8. The molecule has 0 heterocycles. The molecule has 0 saturated carbocycles. The summed E-state index contributed by atoms with van der Waals surface area (Å²) in [5.74, 6) is -0.235. The van der Waals surface area contributed by atoms with Gasteiger partial charge in [-0.15, -0.1) is 0 Å². The maximum atomic E-state index is 12.8. The van der Waals surface area contributed by atoms with Crippen molar-refractivity contribution >= 4 is 0 Å². The van der Waals surface area contributed by atoms with E-state index in [1.165, 1.54) is 12.1 Å². The van der Waals surface area contributed by atoms with Gasteiger partial charge in [0.15, 0.2) is 0 Å². The van der Waals surface area contributed by atoms with Gasteiger partial charge in [-0.3, -0.25) is 0 Å². The molecule has 0 spiro atoms. The van der Waals surface area contributed by atoms with Crippen molar-refractivity contribution in [1.82, 2.24) is 0 Å². The molecule has 0 radical (unpaired) electrons. The molecule has 0 bridgehead atoms. The van der Waals surface area contributed by atoms with Gasteiger partial charge < -0.3 is 5.73 Å². The number of aryl methyl sites for hydroxylation is 1. The second kappa shape index (κ2) is 4.45. The first-order chi connectivity index (χ1) is 7.68. The van der Waals surface area contributed by atoms with Crippen LogP contribution in [0.1, 0.15) is 22.7 Å². The molecular weight excluding hydrogens is 201 g/mol. The summed E-state index contributed by atoms with van der Waals surface area (Å²) >= 11 is 0. The van der Waals surface area contributed by atoms with Gasteiger partial charge >= 0.3 is 0 Å². The van der Waals surface area contributed by atoms with Gasteiger partial charge in [0, 0.05) is 0 Å². The average Bonchev–Trinajstić information content (AvgIpc) is 2.30. The zero-order valence-electron chi connectivity index (χ0n) is 9.15. The maximum absolute atomic E-state index is 12.8. The molecule has 82 valence electrons. The van der Waals surface area contributed by atoms with Gasteiger partial charge in [0.2, 0.25) is 0 Å². The van der Waals surface area contributed by atoms with E-state index in [9.17, 15) is 4.39 Å². The molecule has 2 aromatic carbocycles. The van der Waals surface area contributed by atoms with E-state index in [1.54, 1.807) is 12.1 Å². The molecule has 0 aliphatic rings. The van der Waals surface area contributed by atoms with Crippen LogP contribution in [0.4, 0.5) is 4.39 Å². The molecule has 2 rings (SSSR count). The fourth-order valence-corrected chi connectivity index (χ4v) is 1.79. The van der Waals surface area contributed by atoms with E-state index < -0.39 is 0 Å². The largest absolute Gasteiger partial charge is 0.320 e. The van der Waals surface area contributed by atoms with Crippen LogP contribution in [0.15, 0.2) is 48.5 Å². The van der Waals surface area contributed by atoms with Gasteiger partial charge in [-0.2, -0.15) is 0 Å². The highest BCUT2D eigenvalue weighted by molar-refractivity contribution is 5.36. The highest BCUT2D eigenvalue weighted by atomic mass is 19.1. The van der Waals surface area contributed by atoms with Crippen molar-refractivity contribution in [3.8, 4) is 0 Å². The van der Waals surface area contributed by atoms with Crippen LogP contribution >= 0.6 is 0 Å². The summed E-state index contributed by atoms with van der Waals surface area (Å²) in [6.45, 7) is 2.03. The number of hydrogen-bond donors (Lipinski definition) is 1. The molecule has 2 N–H and O–H groups in total. The van der Waals surface area contributed by atoms with E-state index in [0.29, 0.717) is 0 Å². The predicted octanol–water partition coefficient (Wildman–Crippen LogP) is 3.18. The third-order valence-electron chi connectivity index (χ3n) is 2.75. The number of benzene rings is 2. The van der Waals surface area contributed by atoms with Gasteiger partial charge in [-0.05, 0) is 35.7 Å². The van der Waals surface area contributed by atoms with Crippen molar-refractivity contribution in [2.24, 2.45) is 5.73 Å². The molecule has 1 nitrogen and oxygen atoms in total. The summed E-state index contributed by atoms with van der Waals surface area (Å²) in [7, 11) is 0. The average molecular weight is 215 g/mol.